The number of anilines is 1. The molecule has 0 aliphatic heterocycles. The summed E-state index contributed by atoms with van der Waals surface area (Å²) in [5, 5.41) is 9.92. The van der Waals surface area contributed by atoms with Crippen molar-refractivity contribution in [2.45, 2.75) is 0 Å². The molecule has 174 valence electrons. The van der Waals surface area contributed by atoms with Crippen molar-refractivity contribution in [3.05, 3.63) is 65.5 Å². The van der Waals surface area contributed by atoms with Crippen LogP contribution in [0.4, 0.5) is 5.13 Å². The van der Waals surface area contributed by atoms with Gasteiger partial charge in [0.15, 0.2) is 16.6 Å². The second-order valence-electron chi connectivity index (χ2n) is 7.24. The van der Waals surface area contributed by atoms with Crippen LogP contribution in [0.3, 0.4) is 0 Å². The van der Waals surface area contributed by atoms with Gasteiger partial charge in [-0.1, -0.05) is 36.4 Å². The van der Waals surface area contributed by atoms with Gasteiger partial charge in [0.25, 0.3) is 5.91 Å². The summed E-state index contributed by atoms with van der Waals surface area (Å²) in [5.41, 5.74) is 2.01. The van der Waals surface area contributed by atoms with E-state index in [-0.39, 0.29) is 18.0 Å². The quantitative estimate of drug-likeness (QED) is 0.391. The standard InChI is InChI=1S/C25H23N3O5S/c1-31-20-11-18(12-21(32-2)23(20)33-3)24(30)26-13-22(29)28-25-27-19(14-34-25)17-9-8-15-6-4-5-7-16(15)10-17/h4-12,14H,13H2,1-3H3,(H,26,30)(H,27,28,29). The third kappa shape index (κ3) is 4.94. The molecule has 0 radical (unpaired) electrons. The maximum atomic E-state index is 12.6. The Morgan fingerprint density at radius 3 is 2.29 bits per heavy atom. The number of hydrogen-bond acceptors (Lipinski definition) is 7. The van der Waals surface area contributed by atoms with E-state index in [2.05, 4.69) is 27.8 Å². The third-order valence-electron chi connectivity index (χ3n) is 5.13. The van der Waals surface area contributed by atoms with Gasteiger partial charge < -0.3 is 24.8 Å². The van der Waals surface area contributed by atoms with E-state index in [9.17, 15) is 9.59 Å². The first-order chi connectivity index (χ1) is 16.5. The average Bonchev–Trinajstić information content (AvgIpc) is 3.34. The molecule has 0 aliphatic rings. The first kappa shape index (κ1) is 23.1. The molecule has 0 spiro atoms. The van der Waals surface area contributed by atoms with Crippen molar-refractivity contribution in [3.8, 4) is 28.5 Å². The fourth-order valence-electron chi connectivity index (χ4n) is 3.45. The van der Waals surface area contributed by atoms with Gasteiger partial charge in [0.1, 0.15) is 0 Å². The van der Waals surface area contributed by atoms with Crippen molar-refractivity contribution >= 4 is 39.1 Å². The number of fused-ring (bicyclic) bond motifs is 1. The van der Waals surface area contributed by atoms with Gasteiger partial charge in [-0.3, -0.25) is 9.59 Å². The number of nitrogens with one attached hydrogen (secondary N) is 2. The minimum absolute atomic E-state index is 0.222. The molecule has 0 unspecified atom stereocenters. The minimum Gasteiger partial charge on any atom is -0.493 e. The highest BCUT2D eigenvalue weighted by molar-refractivity contribution is 7.14. The molecule has 8 nitrogen and oxygen atoms in total. The number of methoxy groups -OCH3 is 3. The summed E-state index contributed by atoms with van der Waals surface area (Å²) in [7, 11) is 4.41. The van der Waals surface area contributed by atoms with Crippen molar-refractivity contribution in [1.29, 1.82) is 0 Å². The van der Waals surface area contributed by atoms with Crippen LogP contribution in [0.5, 0.6) is 17.2 Å². The van der Waals surface area contributed by atoms with Crippen molar-refractivity contribution in [3.63, 3.8) is 0 Å². The van der Waals surface area contributed by atoms with Crippen molar-refractivity contribution in [2.75, 3.05) is 33.2 Å². The Kier molecular flexibility index (Phi) is 6.93. The number of nitrogens with zero attached hydrogens (tertiary/aromatic N) is 1. The lowest BCUT2D eigenvalue weighted by Gasteiger charge is -2.14. The van der Waals surface area contributed by atoms with Gasteiger partial charge in [-0.15, -0.1) is 11.3 Å². The highest BCUT2D eigenvalue weighted by atomic mass is 32.1. The molecule has 4 rings (SSSR count). The van der Waals surface area contributed by atoms with E-state index in [4.69, 9.17) is 14.2 Å². The van der Waals surface area contributed by atoms with Crippen LogP contribution in [0.1, 0.15) is 10.4 Å². The molecular formula is C25H23N3O5S. The van der Waals surface area contributed by atoms with Gasteiger partial charge in [-0.05, 0) is 29.0 Å². The Morgan fingerprint density at radius 2 is 1.62 bits per heavy atom. The summed E-state index contributed by atoms with van der Waals surface area (Å²) >= 11 is 1.32. The zero-order valence-electron chi connectivity index (χ0n) is 18.9. The summed E-state index contributed by atoms with van der Waals surface area (Å²) in [6, 6.07) is 17.2. The Hall–Kier alpha value is -4.11. The first-order valence-corrected chi connectivity index (χ1v) is 11.2. The van der Waals surface area contributed by atoms with Gasteiger partial charge in [-0.25, -0.2) is 4.98 Å². The van der Waals surface area contributed by atoms with Gasteiger partial charge in [0, 0.05) is 16.5 Å². The Bertz CT molecular complexity index is 1330. The van der Waals surface area contributed by atoms with Crippen molar-refractivity contribution in [1.82, 2.24) is 10.3 Å². The number of carbonyl (C=O) groups is 2. The molecule has 0 bridgehead atoms. The summed E-state index contributed by atoms with van der Waals surface area (Å²) in [4.78, 5) is 29.5. The third-order valence-corrected chi connectivity index (χ3v) is 5.89. The Labute approximate surface area is 200 Å². The van der Waals surface area contributed by atoms with Crippen LogP contribution in [-0.4, -0.2) is 44.7 Å². The van der Waals surface area contributed by atoms with E-state index < -0.39 is 5.91 Å². The topological polar surface area (TPSA) is 98.8 Å². The van der Waals surface area contributed by atoms with E-state index >= 15 is 0 Å². The van der Waals surface area contributed by atoms with Crippen LogP contribution >= 0.6 is 11.3 Å². The molecule has 4 aromatic rings. The molecular weight excluding hydrogens is 454 g/mol. The van der Waals surface area contributed by atoms with Crippen LogP contribution in [0.15, 0.2) is 60.0 Å². The van der Waals surface area contributed by atoms with E-state index in [1.54, 1.807) is 0 Å². The smallest absolute Gasteiger partial charge is 0.251 e. The number of hydrogen-bond donors (Lipinski definition) is 2. The SMILES string of the molecule is COc1cc(C(=O)NCC(=O)Nc2nc(-c3ccc4ccccc4c3)cs2)cc(OC)c1OC. The van der Waals surface area contributed by atoms with Gasteiger partial charge in [0.05, 0.1) is 33.6 Å². The van der Waals surface area contributed by atoms with Crippen LogP contribution in [0.25, 0.3) is 22.0 Å². The zero-order valence-corrected chi connectivity index (χ0v) is 19.7. The fraction of sp³-hybridized carbons (Fsp3) is 0.160. The molecule has 1 heterocycles. The predicted molar refractivity (Wildman–Crippen MR) is 132 cm³/mol. The molecule has 34 heavy (non-hydrogen) atoms. The normalized spacial score (nSPS) is 10.6. The second kappa shape index (κ2) is 10.2. The average molecular weight is 478 g/mol. The van der Waals surface area contributed by atoms with Gasteiger partial charge >= 0.3 is 0 Å². The van der Waals surface area contributed by atoms with E-state index in [0.29, 0.717) is 22.4 Å². The predicted octanol–water partition coefficient (Wildman–Crippen LogP) is 4.36. The van der Waals surface area contributed by atoms with Crippen LogP contribution in [0, 0.1) is 0 Å². The lowest BCUT2D eigenvalue weighted by molar-refractivity contribution is -0.115. The lowest BCUT2D eigenvalue weighted by atomic mass is 10.1. The molecule has 0 fully saturated rings. The summed E-state index contributed by atoms with van der Waals surface area (Å²) in [6.07, 6.45) is 0. The number of ether oxygens (including phenoxy) is 3. The van der Waals surface area contributed by atoms with Crippen LogP contribution < -0.4 is 24.8 Å². The zero-order chi connectivity index (χ0) is 24.1. The Balaban J connectivity index is 1.39. The molecule has 0 aliphatic carbocycles. The molecule has 0 saturated heterocycles. The number of rotatable bonds is 8. The van der Waals surface area contributed by atoms with E-state index in [0.717, 1.165) is 22.0 Å². The summed E-state index contributed by atoms with van der Waals surface area (Å²) in [6.45, 7) is -0.222. The summed E-state index contributed by atoms with van der Waals surface area (Å²) in [5.74, 6) is 0.233. The fourth-order valence-corrected chi connectivity index (χ4v) is 4.19. The maximum absolute atomic E-state index is 12.6. The van der Waals surface area contributed by atoms with E-state index in [1.165, 1.54) is 44.8 Å². The molecule has 9 heteroatoms. The van der Waals surface area contributed by atoms with E-state index in [1.807, 2.05) is 35.7 Å². The van der Waals surface area contributed by atoms with Crippen LogP contribution in [-0.2, 0) is 4.79 Å². The highest BCUT2D eigenvalue weighted by Crippen LogP contribution is 2.38. The molecule has 3 aromatic carbocycles. The van der Waals surface area contributed by atoms with Crippen LogP contribution in [0.2, 0.25) is 0 Å². The number of carbonyl (C=O) groups excluding carboxylic acids is 2. The largest absolute Gasteiger partial charge is 0.493 e. The lowest BCUT2D eigenvalue weighted by Crippen LogP contribution is -2.32. The van der Waals surface area contributed by atoms with Gasteiger partial charge in [0.2, 0.25) is 11.7 Å². The number of amides is 2. The highest BCUT2D eigenvalue weighted by Gasteiger charge is 2.18. The number of thiazole rings is 1. The molecule has 0 atom stereocenters. The minimum atomic E-state index is -0.453. The second-order valence-corrected chi connectivity index (χ2v) is 8.10. The first-order valence-electron chi connectivity index (χ1n) is 10.3. The number of benzene rings is 3. The summed E-state index contributed by atoms with van der Waals surface area (Å²) < 4.78 is 15.8. The molecule has 1 aromatic heterocycles. The number of aromatic nitrogens is 1. The van der Waals surface area contributed by atoms with Gasteiger partial charge in [-0.2, -0.15) is 0 Å². The molecule has 2 N–H and O–H groups in total. The van der Waals surface area contributed by atoms with Crippen molar-refractivity contribution in [2.24, 2.45) is 0 Å². The monoisotopic (exact) mass is 477 g/mol. The molecule has 0 saturated carbocycles. The maximum Gasteiger partial charge on any atom is 0.251 e. The molecule has 2 amide bonds. The van der Waals surface area contributed by atoms with Crippen molar-refractivity contribution < 1.29 is 23.8 Å². The Morgan fingerprint density at radius 1 is 0.912 bits per heavy atom.